The van der Waals surface area contributed by atoms with Gasteiger partial charge in [-0.15, -0.1) is 0 Å². The van der Waals surface area contributed by atoms with Crippen molar-refractivity contribution in [2.75, 3.05) is 31.7 Å². The number of hydrogen-bond acceptors (Lipinski definition) is 9. The van der Waals surface area contributed by atoms with Gasteiger partial charge in [-0.05, 0) is 64.8 Å². The molecule has 2 atom stereocenters. The van der Waals surface area contributed by atoms with Gasteiger partial charge in [0.15, 0.2) is 5.65 Å². The van der Waals surface area contributed by atoms with Crippen LogP contribution in [0.25, 0.3) is 16.6 Å². The minimum atomic E-state index is -0.549. The third kappa shape index (κ3) is 5.40. The van der Waals surface area contributed by atoms with Crippen LogP contribution >= 0.6 is 11.8 Å². The lowest BCUT2D eigenvalue weighted by Crippen LogP contribution is -2.55. The second-order valence-corrected chi connectivity index (χ2v) is 12.9. The molecule has 1 N–H and O–H groups in total. The Bertz CT molecular complexity index is 1580. The number of fused-ring (bicyclic) bond motifs is 2. The maximum Gasteiger partial charge on any atom is 0.407 e. The molecular weight excluding hydrogens is 540 g/mol. The first-order chi connectivity index (χ1) is 19.7. The van der Waals surface area contributed by atoms with Crippen LogP contribution in [-0.4, -0.2) is 70.0 Å². The normalized spacial score (nSPS) is 20.6. The molecule has 1 amide bonds. The van der Waals surface area contributed by atoms with Gasteiger partial charge in [0.05, 0.1) is 36.3 Å². The fourth-order valence-corrected chi connectivity index (χ4v) is 6.90. The highest BCUT2D eigenvalue weighted by Crippen LogP contribution is 2.43. The number of hydrogen-bond donors (Lipinski definition) is 1. The van der Waals surface area contributed by atoms with E-state index < -0.39 is 11.7 Å². The Balaban J connectivity index is 1.21. The number of piperidine rings is 1. The minimum Gasteiger partial charge on any atom is -0.497 e. The molecule has 11 heteroatoms. The first-order valence-electron chi connectivity index (χ1n) is 13.9. The Morgan fingerprint density at radius 3 is 2.68 bits per heavy atom. The van der Waals surface area contributed by atoms with E-state index in [-0.39, 0.29) is 17.6 Å². The quantitative estimate of drug-likeness (QED) is 0.337. The molecule has 3 aromatic heterocycles. The lowest BCUT2D eigenvalue weighted by molar-refractivity contribution is 0.0434. The van der Waals surface area contributed by atoms with Crippen molar-refractivity contribution in [1.29, 1.82) is 0 Å². The number of imidazole rings is 1. The van der Waals surface area contributed by atoms with E-state index in [1.807, 2.05) is 76.7 Å². The maximum atomic E-state index is 12.6. The number of carbonyl (C=O) groups excluding carboxylic acids is 1. The van der Waals surface area contributed by atoms with Crippen molar-refractivity contribution in [1.82, 2.24) is 24.7 Å². The number of anilines is 1. The lowest BCUT2D eigenvalue weighted by Gasteiger charge is -2.43. The molecule has 2 saturated heterocycles. The van der Waals surface area contributed by atoms with Gasteiger partial charge in [-0.25, -0.2) is 14.8 Å². The third-order valence-corrected chi connectivity index (χ3v) is 9.06. The number of pyridine rings is 1. The molecule has 10 nitrogen and oxygen atoms in total. The van der Waals surface area contributed by atoms with E-state index in [9.17, 15) is 4.79 Å². The van der Waals surface area contributed by atoms with Crippen molar-refractivity contribution in [3.8, 4) is 5.75 Å². The molecule has 2 aliphatic heterocycles. The number of nitrogens with one attached hydrogen (secondary N) is 1. The summed E-state index contributed by atoms with van der Waals surface area (Å²) in [4.78, 5) is 31.1. The first kappa shape index (κ1) is 27.6. The number of aromatic nitrogens is 4. The summed E-state index contributed by atoms with van der Waals surface area (Å²) >= 11 is 1.62. The fraction of sp³-hybridized carbons (Fsp3) is 0.467. The molecule has 0 aliphatic carbocycles. The number of benzene rings is 1. The van der Waals surface area contributed by atoms with Gasteiger partial charge >= 0.3 is 6.09 Å². The molecule has 5 heterocycles. The SMILES string of the molecule is COc1ccc2nccc(Sc3cnc(N4CCC5(CC4)CO[C@@H](C)[C@H]5NC(=O)OC(C)(C)C)n4ccnc34)c2c1. The minimum absolute atomic E-state index is 0.0758. The van der Waals surface area contributed by atoms with Gasteiger partial charge in [-0.3, -0.25) is 9.38 Å². The summed E-state index contributed by atoms with van der Waals surface area (Å²) in [6.45, 7) is 9.86. The highest BCUT2D eigenvalue weighted by Gasteiger charge is 2.50. The Morgan fingerprint density at radius 1 is 1.12 bits per heavy atom. The predicted molar refractivity (Wildman–Crippen MR) is 158 cm³/mol. The molecule has 2 fully saturated rings. The van der Waals surface area contributed by atoms with Crippen LogP contribution in [0.1, 0.15) is 40.5 Å². The van der Waals surface area contributed by atoms with Crippen LogP contribution in [0, 0.1) is 5.41 Å². The standard InChI is InChI=1S/C30H36N6O4S/c1-19-25(34-28(37)40-29(2,3)4)30(18-39-19)9-13-35(14-10-30)27-33-17-24(26-32-12-15-36(26)27)41-23-8-11-31-22-7-6-20(38-5)16-21(22)23/h6-8,11-12,15-17,19,25H,9-10,13-14,18H2,1-5H3,(H,34,37)/t19-,25+/m0/s1. The number of nitrogens with zero attached hydrogens (tertiary/aromatic N) is 5. The van der Waals surface area contributed by atoms with Crippen molar-refractivity contribution in [2.24, 2.45) is 5.41 Å². The van der Waals surface area contributed by atoms with Gasteiger partial charge in [0.2, 0.25) is 5.95 Å². The molecule has 216 valence electrons. The molecule has 4 aromatic rings. The fourth-order valence-electron chi connectivity index (χ4n) is 5.92. The second-order valence-electron chi connectivity index (χ2n) is 11.8. The van der Waals surface area contributed by atoms with Gasteiger partial charge in [-0.2, -0.15) is 0 Å². The summed E-state index contributed by atoms with van der Waals surface area (Å²) in [6, 6.07) is 7.81. The van der Waals surface area contributed by atoms with Crippen LogP contribution in [0.4, 0.5) is 10.7 Å². The van der Waals surface area contributed by atoms with Gasteiger partial charge in [0.1, 0.15) is 11.4 Å². The Labute approximate surface area is 243 Å². The van der Waals surface area contributed by atoms with E-state index in [4.69, 9.17) is 24.2 Å². The maximum absolute atomic E-state index is 12.6. The summed E-state index contributed by atoms with van der Waals surface area (Å²) in [5.74, 6) is 1.65. The Hall–Kier alpha value is -3.57. The van der Waals surface area contributed by atoms with Crippen molar-refractivity contribution in [3.63, 3.8) is 0 Å². The van der Waals surface area contributed by atoms with E-state index in [1.165, 1.54) is 0 Å². The summed E-state index contributed by atoms with van der Waals surface area (Å²) in [5.41, 5.74) is 1.08. The highest BCUT2D eigenvalue weighted by atomic mass is 32.2. The largest absolute Gasteiger partial charge is 0.497 e. The van der Waals surface area contributed by atoms with E-state index in [2.05, 4.69) is 19.6 Å². The van der Waals surface area contributed by atoms with Crippen LogP contribution < -0.4 is 15.0 Å². The molecule has 0 unspecified atom stereocenters. The Kier molecular flexibility index (Phi) is 7.19. The van der Waals surface area contributed by atoms with Crippen LogP contribution in [0.5, 0.6) is 5.75 Å². The topological polar surface area (TPSA) is 103 Å². The number of methoxy groups -OCH3 is 1. The molecule has 1 spiro atoms. The predicted octanol–water partition coefficient (Wildman–Crippen LogP) is 5.34. The second kappa shape index (κ2) is 10.7. The number of alkyl carbamates (subject to hydrolysis) is 1. The van der Waals surface area contributed by atoms with Crippen LogP contribution in [0.15, 0.2) is 58.8 Å². The Morgan fingerprint density at radius 2 is 1.93 bits per heavy atom. The highest BCUT2D eigenvalue weighted by molar-refractivity contribution is 7.99. The molecule has 41 heavy (non-hydrogen) atoms. The molecule has 2 aliphatic rings. The summed E-state index contributed by atoms with van der Waals surface area (Å²) < 4.78 is 19.1. The molecular formula is C30H36N6O4S. The van der Waals surface area contributed by atoms with Gasteiger partial charge in [0, 0.05) is 53.6 Å². The number of amides is 1. The average molecular weight is 577 g/mol. The monoisotopic (exact) mass is 576 g/mol. The van der Waals surface area contributed by atoms with Gasteiger partial charge < -0.3 is 24.4 Å². The van der Waals surface area contributed by atoms with Crippen LogP contribution in [-0.2, 0) is 9.47 Å². The van der Waals surface area contributed by atoms with Gasteiger partial charge in [-0.1, -0.05) is 11.8 Å². The zero-order valence-electron chi connectivity index (χ0n) is 24.1. The van der Waals surface area contributed by atoms with Crippen LogP contribution in [0.2, 0.25) is 0 Å². The van der Waals surface area contributed by atoms with Crippen molar-refractivity contribution < 1.29 is 19.0 Å². The molecule has 1 aromatic carbocycles. The molecule has 0 radical (unpaired) electrons. The van der Waals surface area contributed by atoms with Crippen molar-refractivity contribution in [2.45, 2.75) is 68.1 Å². The molecule has 0 saturated carbocycles. The van der Waals surface area contributed by atoms with Crippen molar-refractivity contribution >= 4 is 40.4 Å². The molecule has 0 bridgehead atoms. The average Bonchev–Trinajstić information content (AvgIpc) is 3.55. The number of carbonyl (C=O) groups is 1. The molecule has 6 rings (SSSR count). The van der Waals surface area contributed by atoms with E-state index >= 15 is 0 Å². The van der Waals surface area contributed by atoms with E-state index in [0.717, 1.165) is 64.0 Å². The number of rotatable bonds is 5. The zero-order chi connectivity index (χ0) is 28.8. The smallest absolute Gasteiger partial charge is 0.407 e. The number of ether oxygens (including phenoxy) is 3. The zero-order valence-corrected chi connectivity index (χ0v) is 24.9. The third-order valence-electron chi connectivity index (χ3n) is 7.98. The first-order valence-corrected chi connectivity index (χ1v) is 14.8. The van der Waals surface area contributed by atoms with Crippen molar-refractivity contribution in [3.05, 3.63) is 49.1 Å². The lowest BCUT2D eigenvalue weighted by atomic mass is 9.73. The van der Waals surface area contributed by atoms with E-state index in [0.29, 0.717) is 6.61 Å². The van der Waals surface area contributed by atoms with E-state index in [1.54, 1.807) is 18.9 Å². The summed E-state index contributed by atoms with van der Waals surface area (Å²) in [7, 11) is 1.67. The summed E-state index contributed by atoms with van der Waals surface area (Å²) in [5, 5.41) is 4.15. The van der Waals surface area contributed by atoms with Crippen LogP contribution in [0.3, 0.4) is 0 Å². The van der Waals surface area contributed by atoms with Gasteiger partial charge in [0.25, 0.3) is 0 Å². The summed E-state index contributed by atoms with van der Waals surface area (Å²) in [6.07, 6.45) is 8.79.